The fraction of sp³-hybridized carbons (Fsp3) is 0.185. The Morgan fingerprint density at radius 3 is 2.46 bits per heavy atom. The van der Waals surface area contributed by atoms with Gasteiger partial charge in [0.2, 0.25) is 0 Å². The maximum Gasteiger partial charge on any atom is 0.335 e. The summed E-state index contributed by atoms with van der Waals surface area (Å²) in [5.41, 5.74) is 2.31. The van der Waals surface area contributed by atoms with Gasteiger partial charge in [-0.15, -0.1) is 0 Å². The molecule has 0 bridgehead atoms. The number of nitrogens with zero attached hydrogens (tertiary/aromatic N) is 2. The van der Waals surface area contributed by atoms with Crippen LogP contribution in [0, 0.1) is 17.1 Å². The number of rotatable bonds is 6. The van der Waals surface area contributed by atoms with Crippen molar-refractivity contribution < 1.29 is 24.1 Å². The van der Waals surface area contributed by atoms with E-state index in [1.54, 1.807) is 34.9 Å². The van der Waals surface area contributed by atoms with E-state index in [4.69, 9.17) is 16.3 Å². The maximum atomic E-state index is 14.3. The van der Waals surface area contributed by atoms with E-state index in [0.29, 0.717) is 38.4 Å². The average Bonchev–Trinajstić information content (AvgIpc) is 3.15. The summed E-state index contributed by atoms with van der Waals surface area (Å²) in [6.07, 6.45) is 0.135. The number of phenolic OH excluding ortho intramolecular Hbond substituents is 1. The lowest BCUT2D eigenvalue weighted by Crippen LogP contribution is -2.21. The molecule has 6 nitrogen and oxygen atoms in total. The number of ether oxygens (including phenoxy) is 1. The molecular weight excluding hydrogens is 471 g/mol. The largest absolute Gasteiger partial charge is 0.506 e. The first-order chi connectivity index (χ1) is 16.6. The van der Waals surface area contributed by atoms with Gasteiger partial charge in [-0.3, -0.25) is 0 Å². The normalized spacial score (nSPS) is 11.4. The Kier molecular flexibility index (Phi) is 6.18. The molecule has 8 heteroatoms. The predicted octanol–water partition coefficient (Wildman–Crippen LogP) is 6.69. The smallest absolute Gasteiger partial charge is 0.335 e. The van der Waals surface area contributed by atoms with Crippen LogP contribution in [-0.4, -0.2) is 27.9 Å². The minimum atomic E-state index is -1.06. The van der Waals surface area contributed by atoms with E-state index in [-0.39, 0.29) is 23.5 Å². The number of aromatic nitrogens is 1. The lowest BCUT2D eigenvalue weighted by Gasteiger charge is -2.27. The maximum absolute atomic E-state index is 14.3. The second-order valence-corrected chi connectivity index (χ2v) is 9.24. The fourth-order valence-corrected chi connectivity index (χ4v) is 4.62. The van der Waals surface area contributed by atoms with E-state index in [1.165, 1.54) is 31.4 Å². The quantitative estimate of drug-likeness (QED) is 0.312. The summed E-state index contributed by atoms with van der Waals surface area (Å²) in [7, 11) is 1.37. The first kappa shape index (κ1) is 24.1. The number of benzene rings is 3. The van der Waals surface area contributed by atoms with Gasteiger partial charge in [-0.2, -0.15) is 5.26 Å². The van der Waals surface area contributed by atoms with Crippen LogP contribution >= 0.6 is 11.6 Å². The summed E-state index contributed by atoms with van der Waals surface area (Å²) in [5, 5.41) is 30.8. The van der Waals surface area contributed by atoms with Gasteiger partial charge in [-0.25, -0.2) is 9.18 Å². The molecule has 0 spiro atoms. The van der Waals surface area contributed by atoms with Crippen molar-refractivity contribution in [3.05, 3.63) is 76.7 Å². The highest BCUT2D eigenvalue weighted by molar-refractivity contribution is 6.32. The van der Waals surface area contributed by atoms with Crippen LogP contribution in [0.15, 0.2) is 54.6 Å². The molecule has 35 heavy (non-hydrogen) atoms. The molecule has 0 aliphatic heterocycles. The highest BCUT2D eigenvalue weighted by Gasteiger charge is 2.33. The van der Waals surface area contributed by atoms with Crippen LogP contribution < -0.4 is 4.74 Å². The van der Waals surface area contributed by atoms with Crippen LogP contribution in [-0.2, 0) is 5.41 Å². The lowest BCUT2D eigenvalue weighted by molar-refractivity contribution is 0.0697. The van der Waals surface area contributed by atoms with E-state index < -0.39 is 17.2 Å². The SMILES string of the molecule is COc1cc(-c2c(C(C)(C)CC#N)n(-c3ccc(C(=O)O)cc3)c3c(O)cc(Cl)cc23)ccc1F. The second kappa shape index (κ2) is 8.97. The third kappa shape index (κ3) is 4.17. The predicted molar refractivity (Wildman–Crippen MR) is 132 cm³/mol. The summed E-state index contributed by atoms with van der Waals surface area (Å²) in [5.74, 6) is -1.63. The number of halogens is 2. The Hall–Kier alpha value is -4.02. The monoisotopic (exact) mass is 492 g/mol. The van der Waals surface area contributed by atoms with Crippen molar-refractivity contribution in [3.63, 3.8) is 0 Å². The molecule has 1 heterocycles. The zero-order valence-corrected chi connectivity index (χ0v) is 20.0. The molecule has 4 aromatic rings. The molecular formula is C27H22ClFN2O4. The van der Waals surface area contributed by atoms with E-state index in [0.717, 1.165) is 0 Å². The zero-order valence-electron chi connectivity index (χ0n) is 19.3. The summed E-state index contributed by atoms with van der Waals surface area (Å²) in [6.45, 7) is 3.80. The number of carbonyl (C=O) groups is 1. The molecule has 0 radical (unpaired) electrons. The molecule has 0 aliphatic carbocycles. The van der Waals surface area contributed by atoms with Crippen LogP contribution in [0.5, 0.6) is 11.5 Å². The first-order valence-corrected chi connectivity index (χ1v) is 11.1. The number of carboxylic acid groups (broad SMARTS) is 1. The van der Waals surface area contributed by atoms with Gasteiger partial charge in [0, 0.05) is 45.3 Å². The van der Waals surface area contributed by atoms with Crippen molar-refractivity contribution in [2.24, 2.45) is 0 Å². The number of phenols is 1. The minimum Gasteiger partial charge on any atom is -0.506 e. The Balaban J connectivity index is 2.20. The fourth-order valence-electron chi connectivity index (χ4n) is 4.40. The van der Waals surface area contributed by atoms with E-state index in [2.05, 4.69) is 6.07 Å². The molecule has 0 unspecified atom stereocenters. The molecule has 4 rings (SSSR count). The number of methoxy groups -OCH3 is 1. The first-order valence-electron chi connectivity index (χ1n) is 10.7. The summed E-state index contributed by atoms with van der Waals surface area (Å²) >= 11 is 6.33. The number of hydrogen-bond acceptors (Lipinski definition) is 4. The Morgan fingerprint density at radius 1 is 1.17 bits per heavy atom. The Bertz CT molecular complexity index is 1500. The van der Waals surface area contributed by atoms with E-state index in [9.17, 15) is 24.7 Å². The van der Waals surface area contributed by atoms with Crippen LogP contribution in [0.1, 0.15) is 36.3 Å². The van der Waals surface area contributed by atoms with E-state index in [1.807, 2.05) is 13.8 Å². The Morgan fingerprint density at radius 2 is 1.86 bits per heavy atom. The molecule has 1 aromatic heterocycles. The van der Waals surface area contributed by atoms with Gasteiger partial charge in [0.15, 0.2) is 11.6 Å². The zero-order chi connectivity index (χ0) is 25.5. The molecule has 0 saturated carbocycles. The third-order valence-electron chi connectivity index (χ3n) is 5.98. The van der Waals surface area contributed by atoms with Crippen molar-refractivity contribution in [2.75, 3.05) is 7.11 Å². The molecule has 178 valence electrons. The molecule has 0 aliphatic rings. The second-order valence-electron chi connectivity index (χ2n) is 8.80. The third-order valence-corrected chi connectivity index (χ3v) is 6.20. The van der Waals surface area contributed by atoms with Crippen molar-refractivity contribution >= 4 is 28.5 Å². The number of nitriles is 1. The molecule has 0 fully saturated rings. The number of aromatic carboxylic acids is 1. The minimum absolute atomic E-state index is 0.0458. The highest BCUT2D eigenvalue weighted by Crippen LogP contribution is 2.47. The van der Waals surface area contributed by atoms with Gasteiger partial charge in [0.1, 0.15) is 5.75 Å². The summed E-state index contributed by atoms with van der Waals surface area (Å²) < 4.78 is 21.3. The van der Waals surface area contributed by atoms with Gasteiger partial charge < -0.3 is 19.5 Å². The number of aromatic hydroxyl groups is 1. The summed E-state index contributed by atoms with van der Waals surface area (Å²) in [6, 6.07) is 16.0. The van der Waals surface area contributed by atoms with Gasteiger partial charge in [0.05, 0.1) is 24.3 Å². The van der Waals surface area contributed by atoms with Crippen LogP contribution in [0.3, 0.4) is 0 Å². The lowest BCUT2D eigenvalue weighted by atomic mass is 9.82. The number of hydrogen-bond donors (Lipinski definition) is 2. The van der Waals surface area contributed by atoms with Crippen molar-refractivity contribution in [2.45, 2.75) is 25.7 Å². The van der Waals surface area contributed by atoms with Crippen molar-refractivity contribution in [3.8, 4) is 34.4 Å². The van der Waals surface area contributed by atoms with Crippen molar-refractivity contribution in [1.29, 1.82) is 5.26 Å². The van der Waals surface area contributed by atoms with Gasteiger partial charge in [-0.05, 0) is 48.0 Å². The van der Waals surface area contributed by atoms with Crippen LogP contribution in [0.2, 0.25) is 5.02 Å². The standard InChI is InChI=1S/C27H22ClFN2O4/c1-27(2,10-11-30)25-23(16-6-9-20(29)22(12-16)35-3)19-13-17(28)14-21(32)24(19)31(25)18-7-4-15(5-8-18)26(33)34/h4-9,12-14,32H,10H2,1-3H3,(H,33,34). The molecule has 0 amide bonds. The van der Waals surface area contributed by atoms with E-state index >= 15 is 0 Å². The molecule has 0 atom stereocenters. The number of carboxylic acids is 1. The topological polar surface area (TPSA) is 95.5 Å². The van der Waals surface area contributed by atoms with Gasteiger partial charge in [0.25, 0.3) is 0 Å². The number of fused-ring (bicyclic) bond motifs is 1. The highest BCUT2D eigenvalue weighted by atomic mass is 35.5. The molecule has 0 saturated heterocycles. The van der Waals surface area contributed by atoms with Crippen LogP contribution in [0.25, 0.3) is 27.7 Å². The van der Waals surface area contributed by atoms with Gasteiger partial charge in [-0.1, -0.05) is 31.5 Å². The Labute approximate surface area is 206 Å². The molecule has 2 N–H and O–H groups in total. The molecule has 3 aromatic carbocycles. The van der Waals surface area contributed by atoms with Crippen LogP contribution in [0.4, 0.5) is 4.39 Å². The average molecular weight is 493 g/mol. The van der Waals surface area contributed by atoms with Crippen molar-refractivity contribution in [1.82, 2.24) is 4.57 Å². The van der Waals surface area contributed by atoms with Gasteiger partial charge >= 0.3 is 5.97 Å². The summed E-state index contributed by atoms with van der Waals surface area (Å²) in [4.78, 5) is 11.4.